The number of fused-ring (bicyclic) bond motifs is 1. The summed E-state index contributed by atoms with van der Waals surface area (Å²) in [7, 11) is 0. The molecule has 0 spiro atoms. The molecular formula is C14H20N4. The number of nitrogens with one attached hydrogen (secondary N) is 1. The van der Waals surface area contributed by atoms with E-state index in [0.717, 1.165) is 17.0 Å². The number of aromatic nitrogens is 3. The molecule has 0 bridgehead atoms. The third-order valence-corrected chi connectivity index (χ3v) is 3.88. The highest BCUT2D eigenvalue weighted by atomic mass is 15.2. The lowest BCUT2D eigenvalue weighted by atomic mass is 9.78. The van der Waals surface area contributed by atoms with Gasteiger partial charge in [0.1, 0.15) is 5.52 Å². The van der Waals surface area contributed by atoms with Crippen LogP contribution < -0.4 is 5.32 Å². The molecule has 0 aromatic carbocycles. The Balaban J connectivity index is 2.00. The number of hydrogen-bond donors (Lipinski definition) is 1. The molecule has 2 heterocycles. The van der Waals surface area contributed by atoms with Gasteiger partial charge in [-0.25, -0.2) is 9.50 Å². The maximum atomic E-state index is 4.58. The van der Waals surface area contributed by atoms with Gasteiger partial charge in [0.25, 0.3) is 0 Å². The highest BCUT2D eigenvalue weighted by Gasteiger charge is 2.32. The van der Waals surface area contributed by atoms with Gasteiger partial charge in [0.15, 0.2) is 5.82 Å². The second-order valence-electron chi connectivity index (χ2n) is 5.87. The average Bonchev–Trinajstić information content (AvgIpc) is 2.72. The summed E-state index contributed by atoms with van der Waals surface area (Å²) < 4.78 is 1.92. The van der Waals surface area contributed by atoms with E-state index >= 15 is 0 Å². The first-order chi connectivity index (χ1) is 8.57. The molecule has 18 heavy (non-hydrogen) atoms. The molecule has 0 unspecified atom stereocenters. The number of anilines is 1. The van der Waals surface area contributed by atoms with Crippen LogP contribution >= 0.6 is 0 Å². The molecule has 1 N–H and O–H groups in total. The fraction of sp³-hybridized carbons (Fsp3) is 0.571. The van der Waals surface area contributed by atoms with Crippen molar-refractivity contribution in [3.05, 3.63) is 24.2 Å². The van der Waals surface area contributed by atoms with Gasteiger partial charge in [-0.3, -0.25) is 0 Å². The molecule has 1 aliphatic rings. The molecule has 2 aromatic heterocycles. The van der Waals surface area contributed by atoms with Crippen LogP contribution in [0.25, 0.3) is 5.52 Å². The first-order valence-electron chi connectivity index (χ1n) is 6.70. The summed E-state index contributed by atoms with van der Waals surface area (Å²) in [6, 6.07) is 2.14. The fourth-order valence-corrected chi connectivity index (χ4v) is 2.44. The summed E-state index contributed by atoms with van der Waals surface area (Å²) in [6.07, 6.45) is 7.48. The van der Waals surface area contributed by atoms with E-state index in [0.29, 0.717) is 5.92 Å². The molecular weight excluding hydrogens is 224 g/mol. The van der Waals surface area contributed by atoms with Crippen molar-refractivity contribution in [3.8, 4) is 0 Å². The molecule has 0 aliphatic heterocycles. The van der Waals surface area contributed by atoms with Crippen molar-refractivity contribution in [3.63, 3.8) is 0 Å². The van der Waals surface area contributed by atoms with Crippen LogP contribution in [-0.2, 0) is 0 Å². The highest BCUT2D eigenvalue weighted by Crippen LogP contribution is 2.35. The molecule has 1 saturated carbocycles. The van der Waals surface area contributed by atoms with Gasteiger partial charge in [-0.2, -0.15) is 5.10 Å². The third kappa shape index (κ3) is 1.85. The Kier molecular flexibility index (Phi) is 2.54. The van der Waals surface area contributed by atoms with E-state index in [4.69, 9.17) is 0 Å². The fourth-order valence-electron chi connectivity index (χ4n) is 2.44. The standard InChI is InChI=1S/C14H20N4/c1-10(2)11-9-12-13(15-7-8-18(12)17-11)16-14(3)5-4-6-14/h7-10H,4-6H2,1-3H3,(H,15,16). The summed E-state index contributed by atoms with van der Waals surface area (Å²) in [5.41, 5.74) is 2.41. The Morgan fingerprint density at radius 3 is 2.78 bits per heavy atom. The van der Waals surface area contributed by atoms with Gasteiger partial charge in [0, 0.05) is 17.9 Å². The van der Waals surface area contributed by atoms with E-state index in [1.807, 2.05) is 16.9 Å². The Morgan fingerprint density at radius 2 is 2.17 bits per heavy atom. The first kappa shape index (κ1) is 11.5. The lowest BCUT2D eigenvalue weighted by Gasteiger charge is -2.39. The normalized spacial score (nSPS) is 18.0. The summed E-state index contributed by atoms with van der Waals surface area (Å²) >= 11 is 0. The SMILES string of the molecule is CC(C)c1cc2c(NC3(C)CCC3)nccn2n1. The second kappa shape index (κ2) is 3.97. The van der Waals surface area contributed by atoms with Crippen molar-refractivity contribution in [1.82, 2.24) is 14.6 Å². The Labute approximate surface area is 107 Å². The van der Waals surface area contributed by atoms with E-state index in [1.165, 1.54) is 19.3 Å². The van der Waals surface area contributed by atoms with Crippen molar-refractivity contribution in [2.75, 3.05) is 5.32 Å². The van der Waals surface area contributed by atoms with Crippen LogP contribution in [-0.4, -0.2) is 20.1 Å². The van der Waals surface area contributed by atoms with Gasteiger partial charge in [0.05, 0.1) is 5.69 Å². The molecule has 1 aliphatic carbocycles. The van der Waals surface area contributed by atoms with Crippen molar-refractivity contribution < 1.29 is 0 Å². The summed E-state index contributed by atoms with van der Waals surface area (Å²) in [6.45, 7) is 6.59. The van der Waals surface area contributed by atoms with Gasteiger partial charge < -0.3 is 5.32 Å². The van der Waals surface area contributed by atoms with Crippen LogP contribution in [0, 0.1) is 0 Å². The van der Waals surface area contributed by atoms with Gasteiger partial charge in [-0.15, -0.1) is 0 Å². The molecule has 4 nitrogen and oxygen atoms in total. The van der Waals surface area contributed by atoms with Crippen molar-refractivity contribution in [2.45, 2.75) is 51.5 Å². The predicted molar refractivity (Wildman–Crippen MR) is 73.0 cm³/mol. The zero-order valence-corrected chi connectivity index (χ0v) is 11.3. The molecule has 0 atom stereocenters. The quantitative estimate of drug-likeness (QED) is 0.901. The Morgan fingerprint density at radius 1 is 1.39 bits per heavy atom. The molecule has 2 aromatic rings. The average molecular weight is 244 g/mol. The van der Waals surface area contributed by atoms with Crippen LogP contribution in [0.15, 0.2) is 18.5 Å². The number of nitrogens with zero attached hydrogens (tertiary/aromatic N) is 3. The van der Waals surface area contributed by atoms with Crippen molar-refractivity contribution in [1.29, 1.82) is 0 Å². The van der Waals surface area contributed by atoms with E-state index in [-0.39, 0.29) is 5.54 Å². The van der Waals surface area contributed by atoms with Crippen LogP contribution in [0.1, 0.15) is 51.6 Å². The largest absolute Gasteiger partial charge is 0.363 e. The van der Waals surface area contributed by atoms with Crippen molar-refractivity contribution in [2.24, 2.45) is 0 Å². The minimum Gasteiger partial charge on any atom is -0.363 e. The number of hydrogen-bond acceptors (Lipinski definition) is 3. The second-order valence-corrected chi connectivity index (χ2v) is 5.87. The van der Waals surface area contributed by atoms with E-state index < -0.39 is 0 Å². The monoisotopic (exact) mass is 244 g/mol. The summed E-state index contributed by atoms with van der Waals surface area (Å²) in [5.74, 6) is 1.40. The lowest BCUT2D eigenvalue weighted by Crippen LogP contribution is -2.42. The minimum absolute atomic E-state index is 0.219. The molecule has 1 fully saturated rings. The zero-order chi connectivity index (χ0) is 12.8. The topological polar surface area (TPSA) is 42.2 Å². The van der Waals surface area contributed by atoms with Crippen LogP contribution in [0.2, 0.25) is 0 Å². The molecule has 0 radical (unpaired) electrons. The van der Waals surface area contributed by atoms with Gasteiger partial charge in [-0.1, -0.05) is 13.8 Å². The van der Waals surface area contributed by atoms with E-state index in [2.05, 4.69) is 42.2 Å². The van der Waals surface area contributed by atoms with Crippen molar-refractivity contribution >= 4 is 11.3 Å². The van der Waals surface area contributed by atoms with Gasteiger partial charge in [-0.05, 0) is 38.2 Å². The van der Waals surface area contributed by atoms with E-state index in [1.54, 1.807) is 0 Å². The summed E-state index contributed by atoms with van der Waals surface area (Å²) in [5, 5.41) is 8.16. The Bertz CT molecular complexity index is 566. The maximum absolute atomic E-state index is 4.58. The highest BCUT2D eigenvalue weighted by molar-refractivity contribution is 5.68. The first-order valence-corrected chi connectivity index (χ1v) is 6.70. The van der Waals surface area contributed by atoms with Crippen LogP contribution in [0.4, 0.5) is 5.82 Å². The Hall–Kier alpha value is -1.58. The van der Waals surface area contributed by atoms with Crippen LogP contribution in [0.3, 0.4) is 0 Å². The molecule has 3 rings (SSSR count). The maximum Gasteiger partial charge on any atom is 0.152 e. The molecule has 4 heteroatoms. The zero-order valence-electron chi connectivity index (χ0n) is 11.3. The number of rotatable bonds is 3. The lowest BCUT2D eigenvalue weighted by molar-refractivity contribution is 0.306. The smallest absolute Gasteiger partial charge is 0.152 e. The van der Waals surface area contributed by atoms with E-state index in [9.17, 15) is 0 Å². The minimum atomic E-state index is 0.219. The summed E-state index contributed by atoms with van der Waals surface area (Å²) in [4.78, 5) is 4.47. The van der Waals surface area contributed by atoms with Crippen LogP contribution in [0.5, 0.6) is 0 Å². The molecule has 0 saturated heterocycles. The van der Waals surface area contributed by atoms with Gasteiger partial charge in [0.2, 0.25) is 0 Å². The molecule has 96 valence electrons. The van der Waals surface area contributed by atoms with Gasteiger partial charge >= 0.3 is 0 Å². The third-order valence-electron chi connectivity index (χ3n) is 3.88. The predicted octanol–water partition coefficient (Wildman–Crippen LogP) is 3.21. The molecule has 0 amide bonds.